The van der Waals surface area contributed by atoms with Gasteiger partial charge in [-0.3, -0.25) is 0 Å². The van der Waals surface area contributed by atoms with Crippen LogP contribution in [-0.2, 0) is 10.2 Å². The van der Waals surface area contributed by atoms with Gasteiger partial charge in [-0.1, -0.05) is 25.4 Å². The number of rotatable bonds is 4. The van der Waals surface area contributed by atoms with E-state index in [1.807, 2.05) is 6.07 Å². The average molecular weight is 246 g/mol. The third-order valence-corrected chi connectivity index (χ3v) is 4.18. The van der Waals surface area contributed by atoms with Gasteiger partial charge in [-0.15, -0.1) is 11.3 Å². The van der Waals surface area contributed by atoms with Crippen molar-refractivity contribution in [1.82, 2.24) is 5.32 Å². The molecule has 1 aromatic rings. The number of nitrogens with one attached hydrogen (secondary N) is 1. The minimum absolute atomic E-state index is 0.169. The van der Waals surface area contributed by atoms with Crippen LogP contribution in [0.15, 0.2) is 12.1 Å². The van der Waals surface area contributed by atoms with Gasteiger partial charge < -0.3 is 10.1 Å². The lowest BCUT2D eigenvalue weighted by Gasteiger charge is -2.41. The van der Waals surface area contributed by atoms with E-state index >= 15 is 0 Å². The molecular formula is C11H16ClNOS. The topological polar surface area (TPSA) is 21.3 Å². The predicted octanol–water partition coefficient (Wildman–Crippen LogP) is 2.67. The summed E-state index contributed by atoms with van der Waals surface area (Å²) in [5.74, 6) is 0. The predicted molar refractivity (Wildman–Crippen MR) is 65.0 cm³/mol. The maximum absolute atomic E-state index is 5.97. The minimum Gasteiger partial charge on any atom is -0.379 e. The zero-order valence-corrected chi connectivity index (χ0v) is 10.6. The van der Waals surface area contributed by atoms with E-state index in [0.29, 0.717) is 6.04 Å². The van der Waals surface area contributed by atoms with Crippen molar-refractivity contribution in [2.75, 3.05) is 19.8 Å². The van der Waals surface area contributed by atoms with Crippen molar-refractivity contribution < 1.29 is 4.74 Å². The molecule has 4 heteroatoms. The average Bonchev–Trinajstić information content (AvgIpc) is 2.50. The zero-order chi connectivity index (χ0) is 10.9. The molecule has 0 aliphatic carbocycles. The summed E-state index contributed by atoms with van der Waals surface area (Å²) in [7, 11) is 0. The molecule has 0 radical (unpaired) electrons. The molecule has 1 saturated heterocycles. The summed E-state index contributed by atoms with van der Waals surface area (Å²) < 4.78 is 6.22. The standard InChI is InChI=1S/C11H16ClNOS/c1-8(2)13-5-11(6-14-7-11)9-3-4-10(12)15-9/h3-4,8,13H,5-7H2,1-2H3. The van der Waals surface area contributed by atoms with Gasteiger partial charge in [-0.2, -0.15) is 0 Å². The van der Waals surface area contributed by atoms with Crippen molar-refractivity contribution in [1.29, 1.82) is 0 Å². The molecule has 0 bridgehead atoms. The molecule has 2 rings (SSSR count). The Labute approximate surface area is 99.6 Å². The number of thiophene rings is 1. The quantitative estimate of drug-likeness (QED) is 0.881. The van der Waals surface area contributed by atoms with Gasteiger partial charge in [0.15, 0.2) is 0 Å². The normalized spacial score (nSPS) is 19.2. The summed E-state index contributed by atoms with van der Waals surface area (Å²) in [4.78, 5) is 1.34. The first-order chi connectivity index (χ1) is 7.12. The Morgan fingerprint density at radius 3 is 2.67 bits per heavy atom. The number of ether oxygens (including phenoxy) is 1. The Morgan fingerprint density at radius 1 is 1.53 bits per heavy atom. The van der Waals surface area contributed by atoms with Crippen LogP contribution in [0.3, 0.4) is 0 Å². The van der Waals surface area contributed by atoms with Crippen molar-refractivity contribution >= 4 is 22.9 Å². The summed E-state index contributed by atoms with van der Waals surface area (Å²) in [6.07, 6.45) is 0. The van der Waals surface area contributed by atoms with Crippen LogP contribution in [0, 0.1) is 0 Å². The molecule has 15 heavy (non-hydrogen) atoms. The highest BCUT2D eigenvalue weighted by molar-refractivity contribution is 7.16. The molecule has 1 aliphatic heterocycles. The monoisotopic (exact) mass is 245 g/mol. The first-order valence-electron chi connectivity index (χ1n) is 5.19. The fourth-order valence-electron chi connectivity index (χ4n) is 1.68. The third-order valence-electron chi connectivity index (χ3n) is 2.70. The maximum atomic E-state index is 5.97. The van der Waals surface area contributed by atoms with E-state index in [2.05, 4.69) is 25.2 Å². The van der Waals surface area contributed by atoms with Crippen molar-refractivity contribution in [2.45, 2.75) is 25.3 Å². The van der Waals surface area contributed by atoms with Gasteiger partial charge in [-0.05, 0) is 12.1 Å². The van der Waals surface area contributed by atoms with Crippen LogP contribution in [0.25, 0.3) is 0 Å². The molecule has 2 heterocycles. The van der Waals surface area contributed by atoms with E-state index < -0.39 is 0 Å². The molecule has 0 unspecified atom stereocenters. The van der Waals surface area contributed by atoms with Gasteiger partial charge in [0, 0.05) is 17.5 Å². The van der Waals surface area contributed by atoms with Crippen LogP contribution in [0.1, 0.15) is 18.7 Å². The Bertz CT molecular complexity index is 333. The van der Waals surface area contributed by atoms with Gasteiger partial charge in [-0.25, -0.2) is 0 Å². The van der Waals surface area contributed by atoms with E-state index in [0.717, 1.165) is 24.1 Å². The molecule has 1 aromatic heterocycles. The maximum Gasteiger partial charge on any atom is 0.0931 e. The Morgan fingerprint density at radius 2 is 2.27 bits per heavy atom. The molecule has 1 fully saturated rings. The van der Waals surface area contributed by atoms with Gasteiger partial charge in [0.1, 0.15) is 0 Å². The van der Waals surface area contributed by atoms with Crippen molar-refractivity contribution in [3.05, 3.63) is 21.3 Å². The summed E-state index contributed by atoms with van der Waals surface area (Å²) >= 11 is 7.64. The molecule has 1 aliphatic rings. The molecule has 0 aromatic carbocycles. The number of hydrogen-bond donors (Lipinski definition) is 1. The smallest absolute Gasteiger partial charge is 0.0931 e. The van der Waals surface area contributed by atoms with Crippen LogP contribution in [0.5, 0.6) is 0 Å². The van der Waals surface area contributed by atoms with E-state index in [1.54, 1.807) is 11.3 Å². The van der Waals surface area contributed by atoms with Crippen LogP contribution < -0.4 is 5.32 Å². The first kappa shape index (κ1) is 11.4. The lowest BCUT2D eigenvalue weighted by atomic mass is 9.84. The molecule has 2 nitrogen and oxygen atoms in total. The van der Waals surface area contributed by atoms with Crippen LogP contribution in [0.4, 0.5) is 0 Å². The zero-order valence-electron chi connectivity index (χ0n) is 9.05. The molecular weight excluding hydrogens is 230 g/mol. The van der Waals surface area contributed by atoms with Crippen molar-refractivity contribution in [2.24, 2.45) is 0 Å². The molecule has 0 saturated carbocycles. The SMILES string of the molecule is CC(C)NCC1(c2ccc(Cl)s2)COC1. The highest BCUT2D eigenvalue weighted by atomic mass is 35.5. The highest BCUT2D eigenvalue weighted by Crippen LogP contribution is 2.37. The molecule has 84 valence electrons. The Balaban J connectivity index is 2.08. The summed E-state index contributed by atoms with van der Waals surface area (Å²) in [5, 5.41) is 3.48. The lowest BCUT2D eigenvalue weighted by Crippen LogP contribution is -2.54. The molecule has 1 N–H and O–H groups in total. The van der Waals surface area contributed by atoms with Crippen molar-refractivity contribution in [3.8, 4) is 0 Å². The lowest BCUT2D eigenvalue weighted by molar-refractivity contribution is -0.0578. The first-order valence-corrected chi connectivity index (χ1v) is 6.39. The highest BCUT2D eigenvalue weighted by Gasteiger charge is 2.41. The summed E-state index contributed by atoms with van der Waals surface area (Å²) in [6.45, 7) is 6.91. The van der Waals surface area contributed by atoms with Crippen LogP contribution in [0.2, 0.25) is 4.34 Å². The van der Waals surface area contributed by atoms with E-state index in [4.69, 9.17) is 16.3 Å². The van der Waals surface area contributed by atoms with E-state index in [1.165, 1.54) is 4.88 Å². The van der Waals surface area contributed by atoms with Gasteiger partial charge in [0.25, 0.3) is 0 Å². The summed E-state index contributed by atoms with van der Waals surface area (Å²) in [5.41, 5.74) is 0.169. The molecule has 0 atom stereocenters. The van der Waals surface area contributed by atoms with Crippen molar-refractivity contribution in [3.63, 3.8) is 0 Å². The molecule has 0 amide bonds. The van der Waals surface area contributed by atoms with Gasteiger partial charge in [0.2, 0.25) is 0 Å². The number of halogens is 1. The largest absolute Gasteiger partial charge is 0.379 e. The second-order valence-corrected chi connectivity index (χ2v) is 6.13. The molecule has 0 spiro atoms. The Kier molecular flexibility index (Phi) is 3.36. The van der Waals surface area contributed by atoms with Gasteiger partial charge in [0.05, 0.1) is 23.0 Å². The third kappa shape index (κ3) is 2.36. The van der Waals surface area contributed by atoms with Gasteiger partial charge >= 0.3 is 0 Å². The Hall–Kier alpha value is -0.0900. The minimum atomic E-state index is 0.169. The van der Waals surface area contributed by atoms with Crippen LogP contribution in [-0.4, -0.2) is 25.8 Å². The van der Waals surface area contributed by atoms with Crippen LogP contribution >= 0.6 is 22.9 Å². The second kappa shape index (κ2) is 4.42. The van der Waals surface area contributed by atoms with E-state index in [-0.39, 0.29) is 5.41 Å². The fraction of sp³-hybridized carbons (Fsp3) is 0.636. The summed E-state index contributed by atoms with van der Waals surface area (Å²) in [6, 6.07) is 4.60. The number of hydrogen-bond acceptors (Lipinski definition) is 3. The second-order valence-electron chi connectivity index (χ2n) is 4.41. The van der Waals surface area contributed by atoms with E-state index in [9.17, 15) is 0 Å². The fourth-order valence-corrected chi connectivity index (χ4v) is 2.88.